The fraction of sp³-hybridized carbons (Fsp3) is 0.700. The lowest BCUT2D eigenvalue weighted by molar-refractivity contribution is -0.128. The van der Waals surface area contributed by atoms with Gasteiger partial charge in [0.05, 0.1) is 6.07 Å². The summed E-state index contributed by atoms with van der Waals surface area (Å²) in [6, 6.07) is 1.27. The number of rotatable bonds is 5. The Morgan fingerprint density at radius 1 is 1.40 bits per heavy atom. The monoisotopic (exact) mass is 211 g/mol. The molecule has 0 aliphatic rings. The van der Waals surface area contributed by atoms with Crippen LogP contribution >= 0.6 is 0 Å². The van der Waals surface area contributed by atoms with Crippen LogP contribution in [0.5, 0.6) is 0 Å². The third-order valence-corrected chi connectivity index (χ3v) is 1.74. The fourth-order valence-electron chi connectivity index (χ4n) is 1.20. The Balaban J connectivity index is 4.28. The van der Waals surface area contributed by atoms with Crippen LogP contribution in [0.3, 0.4) is 0 Å². The maximum atomic E-state index is 11.5. The van der Waals surface area contributed by atoms with Gasteiger partial charge in [0.1, 0.15) is 12.6 Å². The predicted octanol–water partition coefficient (Wildman–Crippen LogP) is 0.177. The number of carbonyl (C=O) groups excluding carboxylic acids is 2. The van der Waals surface area contributed by atoms with E-state index in [4.69, 9.17) is 5.26 Å². The van der Waals surface area contributed by atoms with Crippen molar-refractivity contribution in [2.45, 2.75) is 33.2 Å². The van der Waals surface area contributed by atoms with E-state index in [1.807, 2.05) is 19.9 Å². The Morgan fingerprint density at radius 2 is 2.00 bits per heavy atom. The number of nitrogens with zero attached hydrogens (tertiary/aromatic N) is 1. The van der Waals surface area contributed by atoms with E-state index in [-0.39, 0.29) is 18.4 Å². The van der Waals surface area contributed by atoms with Gasteiger partial charge in [-0.15, -0.1) is 0 Å². The van der Waals surface area contributed by atoms with Gasteiger partial charge in [-0.1, -0.05) is 13.8 Å². The van der Waals surface area contributed by atoms with Gasteiger partial charge in [0.25, 0.3) is 0 Å². The van der Waals surface area contributed by atoms with Crippen LogP contribution in [0.2, 0.25) is 0 Å². The molecule has 0 aliphatic heterocycles. The molecule has 0 aromatic carbocycles. The minimum Gasteiger partial charge on any atom is -0.345 e. The quantitative estimate of drug-likeness (QED) is 0.636. The van der Waals surface area contributed by atoms with Crippen molar-refractivity contribution in [3.8, 4) is 6.07 Å². The molecule has 0 fully saturated rings. The molecule has 1 unspecified atom stereocenters. The lowest BCUT2D eigenvalue weighted by Crippen LogP contribution is -2.46. The fourth-order valence-corrected chi connectivity index (χ4v) is 1.20. The molecule has 0 saturated heterocycles. The summed E-state index contributed by atoms with van der Waals surface area (Å²) >= 11 is 0. The zero-order valence-corrected chi connectivity index (χ0v) is 9.33. The van der Waals surface area contributed by atoms with Gasteiger partial charge in [-0.05, 0) is 12.3 Å². The van der Waals surface area contributed by atoms with E-state index in [1.165, 1.54) is 6.92 Å². The SMILES string of the molecule is CC(=O)NC(CC(C)C)C(=O)NCC#N. The van der Waals surface area contributed by atoms with Gasteiger partial charge in [0.2, 0.25) is 11.8 Å². The topological polar surface area (TPSA) is 82.0 Å². The van der Waals surface area contributed by atoms with Gasteiger partial charge in [-0.2, -0.15) is 5.26 Å². The second-order valence-corrected chi connectivity index (χ2v) is 3.76. The molecule has 0 rings (SSSR count). The lowest BCUT2D eigenvalue weighted by atomic mass is 10.0. The highest BCUT2D eigenvalue weighted by atomic mass is 16.2. The van der Waals surface area contributed by atoms with Gasteiger partial charge in [-0.3, -0.25) is 9.59 Å². The van der Waals surface area contributed by atoms with Crippen LogP contribution in [-0.4, -0.2) is 24.4 Å². The van der Waals surface area contributed by atoms with E-state index in [9.17, 15) is 9.59 Å². The lowest BCUT2D eigenvalue weighted by Gasteiger charge is -2.18. The first-order valence-electron chi connectivity index (χ1n) is 4.89. The number of amides is 2. The normalized spacial score (nSPS) is 11.7. The number of hydrogen-bond acceptors (Lipinski definition) is 3. The molecular formula is C10H17N3O2. The molecule has 5 heteroatoms. The Kier molecular flexibility index (Phi) is 6.11. The predicted molar refractivity (Wildman–Crippen MR) is 55.7 cm³/mol. The molecule has 0 radical (unpaired) electrons. The van der Waals surface area contributed by atoms with Crippen LogP contribution < -0.4 is 10.6 Å². The summed E-state index contributed by atoms with van der Waals surface area (Å²) in [7, 11) is 0. The zero-order chi connectivity index (χ0) is 11.8. The first kappa shape index (κ1) is 13.4. The van der Waals surface area contributed by atoms with Crippen molar-refractivity contribution in [1.29, 1.82) is 5.26 Å². The average molecular weight is 211 g/mol. The molecule has 0 bridgehead atoms. The molecule has 15 heavy (non-hydrogen) atoms. The second kappa shape index (κ2) is 6.82. The number of nitriles is 1. The first-order valence-corrected chi connectivity index (χ1v) is 4.89. The van der Waals surface area contributed by atoms with Crippen LogP contribution in [0, 0.1) is 17.2 Å². The molecule has 84 valence electrons. The maximum absolute atomic E-state index is 11.5. The standard InChI is InChI=1S/C10H17N3O2/c1-7(2)6-9(13-8(3)14)10(15)12-5-4-11/h7,9H,5-6H2,1-3H3,(H,12,15)(H,13,14). The zero-order valence-electron chi connectivity index (χ0n) is 9.33. The largest absolute Gasteiger partial charge is 0.345 e. The highest BCUT2D eigenvalue weighted by Gasteiger charge is 2.19. The Bertz CT molecular complexity index is 268. The molecule has 0 heterocycles. The summed E-state index contributed by atoms with van der Waals surface area (Å²) in [4.78, 5) is 22.4. The summed E-state index contributed by atoms with van der Waals surface area (Å²) in [6.45, 7) is 5.26. The average Bonchev–Trinajstić information content (AvgIpc) is 2.11. The molecular weight excluding hydrogens is 194 g/mol. The van der Waals surface area contributed by atoms with Crippen molar-refractivity contribution >= 4 is 11.8 Å². The Hall–Kier alpha value is -1.57. The third-order valence-electron chi connectivity index (χ3n) is 1.74. The van der Waals surface area contributed by atoms with Gasteiger partial charge in [-0.25, -0.2) is 0 Å². The van der Waals surface area contributed by atoms with Crippen molar-refractivity contribution in [2.75, 3.05) is 6.54 Å². The van der Waals surface area contributed by atoms with E-state index >= 15 is 0 Å². The van der Waals surface area contributed by atoms with Crippen molar-refractivity contribution in [3.63, 3.8) is 0 Å². The summed E-state index contributed by atoms with van der Waals surface area (Å²) in [5.74, 6) is -0.247. The molecule has 0 spiro atoms. The van der Waals surface area contributed by atoms with E-state index in [1.54, 1.807) is 0 Å². The smallest absolute Gasteiger partial charge is 0.243 e. The number of nitrogens with one attached hydrogen (secondary N) is 2. The Morgan fingerprint density at radius 3 is 2.40 bits per heavy atom. The second-order valence-electron chi connectivity index (χ2n) is 3.76. The molecule has 2 N–H and O–H groups in total. The van der Waals surface area contributed by atoms with Crippen LogP contribution in [0.25, 0.3) is 0 Å². The van der Waals surface area contributed by atoms with Crippen LogP contribution in [0.15, 0.2) is 0 Å². The van der Waals surface area contributed by atoms with Crippen LogP contribution in [-0.2, 0) is 9.59 Å². The summed E-state index contributed by atoms with van der Waals surface area (Å²) < 4.78 is 0. The molecule has 2 amide bonds. The van der Waals surface area contributed by atoms with Gasteiger partial charge in [0, 0.05) is 6.92 Å². The highest BCUT2D eigenvalue weighted by Crippen LogP contribution is 2.04. The van der Waals surface area contributed by atoms with Crippen LogP contribution in [0.4, 0.5) is 0 Å². The summed E-state index contributed by atoms with van der Waals surface area (Å²) in [6.07, 6.45) is 0.566. The van der Waals surface area contributed by atoms with E-state index in [0.717, 1.165) is 0 Å². The third kappa shape index (κ3) is 6.49. The molecule has 0 saturated carbocycles. The molecule has 0 aromatic heterocycles. The minimum absolute atomic E-state index is 0.0347. The van der Waals surface area contributed by atoms with Crippen molar-refractivity contribution in [2.24, 2.45) is 5.92 Å². The van der Waals surface area contributed by atoms with E-state index < -0.39 is 6.04 Å². The van der Waals surface area contributed by atoms with Gasteiger partial charge >= 0.3 is 0 Å². The molecule has 0 aromatic rings. The van der Waals surface area contributed by atoms with Gasteiger partial charge in [0.15, 0.2) is 0 Å². The van der Waals surface area contributed by atoms with Crippen molar-refractivity contribution in [1.82, 2.24) is 10.6 Å². The first-order chi connectivity index (χ1) is 6.97. The molecule has 5 nitrogen and oxygen atoms in total. The van der Waals surface area contributed by atoms with E-state index in [0.29, 0.717) is 12.3 Å². The number of hydrogen-bond donors (Lipinski definition) is 2. The minimum atomic E-state index is -0.546. The summed E-state index contributed by atoms with van der Waals surface area (Å²) in [5, 5.41) is 13.3. The maximum Gasteiger partial charge on any atom is 0.243 e. The van der Waals surface area contributed by atoms with Crippen molar-refractivity contribution in [3.05, 3.63) is 0 Å². The molecule has 1 atom stereocenters. The highest BCUT2D eigenvalue weighted by molar-refractivity contribution is 5.86. The van der Waals surface area contributed by atoms with Gasteiger partial charge < -0.3 is 10.6 Å². The Labute approximate surface area is 89.8 Å². The summed E-state index contributed by atoms with van der Waals surface area (Å²) in [5.41, 5.74) is 0. The number of carbonyl (C=O) groups is 2. The van der Waals surface area contributed by atoms with Crippen LogP contribution in [0.1, 0.15) is 27.2 Å². The molecule has 0 aliphatic carbocycles. The van der Waals surface area contributed by atoms with E-state index in [2.05, 4.69) is 10.6 Å². The van der Waals surface area contributed by atoms with Crippen molar-refractivity contribution < 1.29 is 9.59 Å².